The minimum absolute atomic E-state index is 0.390. The van der Waals surface area contributed by atoms with Gasteiger partial charge in [0.2, 0.25) is 0 Å². The Kier molecular flexibility index (Phi) is 8.31. The molecule has 9 heteroatoms. The van der Waals surface area contributed by atoms with Crippen molar-refractivity contribution in [2.75, 3.05) is 13.2 Å². The fourth-order valence-electron chi connectivity index (χ4n) is 2.58. The Hall–Kier alpha value is -1.80. The lowest BCUT2D eigenvalue weighted by molar-refractivity contribution is -0.267. The van der Waals surface area contributed by atoms with Crippen LogP contribution in [-0.4, -0.2) is 42.9 Å². The van der Waals surface area contributed by atoms with Crippen molar-refractivity contribution in [2.45, 2.75) is 78.0 Å². The van der Waals surface area contributed by atoms with Gasteiger partial charge in [0, 0.05) is 0 Å². The summed E-state index contributed by atoms with van der Waals surface area (Å²) in [5.74, 6) is -3.99. The van der Waals surface area contributed by atoms with E-state index in [1.54, 1.807) is 20.8 Å². The molecular weight excluding hydrogens is 381 g/mol. The second kappa shape index (κ2) is 9.60. The molecule has 6 nitrogen and oxygen atoms in total. The first-order chi connectivity index (χ1) is 12.8. The van der Waals surface area contributed by atoms with Gasteiger partial charge in [0.15, 0.2) is 0 Å². The maximum atomic E-state index is 13.5. The number of hydrogen-bond donors (Lipinski definition) is 0. The Morgan fingerprint density at radius 2 is 1.39 bits per heavy atom. The summed E-state index contributed by atoms with van der Waals surface area (Å²) in [4.78, 5) is 36.0. The van der Waals surface area contributed by atoms with Gasteiger partial charge in [-0.3, -0.25) is 9.59 Å². The first-order valence-corrected chi connectivity index (χ1v) is 9.49. The number of ether oxygens (including phenoxy) is 3. The van der Waals surface area contributed by atoms with Gasteiger partial charge in [-0.1, -0.05) is 26.2 Å². The van der Waals surface area contributed by atoms with Crippen molar-refractivity contribution in [1.82, 2.24) is 0 Å². The van der Waals surface area contributed by atoms with Crippen LogP contribution in [0.4, 0.5) is 13.2 Å². The normalized spacial score (nSPS) is 18.1. The molecule has 28 heavy (non-hydrogen) atoms. The van der Waals surface area contributed by atoms with Gasteiger partial charge < -0.3 is 14.2 Å². The third-order valence-electron chi connectivity index (χ3n) is 5.16. The molecule has 0 spiro atoms. The summed E-state index contributed by atoms with van der Waals surface area (Å²) in [6.07, 6.45) is -1.39. The molecule has 1 unspecified atom stereocenters. The molecule has 0 amide bonds. The van der Waals surface area contributed by atoms with E-state index in [-0.39, 0.29) is 0 Å². The van der Waals surface area contributed by atoms with Gasteiger partial charge in [0.05, 0.1) is 11.3 Å². The van der Waals surface area contributed by atoms with Gasteiger partial charge in [0.25, 0.3) is 5.60 Å². The zero-order valence-electron chi connectivity index (χ0n) is 16.8. The van der Waals surface area contributed by atoms with Gasteiger partial charge in [-0.2, -0.15) is 13.2 Å². The summed E-state index contributed by atoms with van der Waals surface area (Å²) in [6.45, 7) is 4.62. The lowest BCUT2D eigenvalue weighted by Crippen LogP contribution is -2.54. The van der Waals surface area contributed by atoms with E-state index in [4.69, 9.17) is 4.74 Å². The third kappa shape index (κ3) is 6.10. The number of hydrogen-bond acceptors (Lipinski definition) is 6. The topological polar surface area (TPSA) is 78.9 Å². The van der Waals surface area contributed by atoms with Crippen LogP contribution < -0.4 is 0 Å². The molecule has 0 saturated heterocycles. The number of rotatable bonds is 8. The van der Waals surface area contributed by atoms with Crippen molar-refractivity contribution >= 4 is 17.9 Å². The van der Waals surface area contributed by atoms with Crippen molar-refractivity contribution in [3.05, 3.63) is 0 Å². The second-order valence-electron chi connectivity index (χ2n) is 7.80. The lowest BCUT2D eigenvalue weighted by Gasteiger charge is -2.31. The highest BCUT2D eigenvalue weighted by atomic mass is 19.4. The minimum atomic E-state index is -5.14. The van der Waals surface area contributed by atoms with Crippen LogP contribution in [0.5, 0.6) is 0 Å². The summed E-state index contributed by atoms with van der Waals surface area (Å²) in [5, 5.41) is 0. The SMILES string of the molecule is CCC(C)(C)C(=O)OCCOC(=O)C(C)(OC(=O)C1CCCCC1)C(F)(F)F. The molecule has 1 aliphatic carbocycles. The molecule has 1 atom stereocenters. The monoisotopic (exact) mass is 410 g/mol. The summed E-state index contributed by atoms with van der Waals surface area (Å²) in [7, 11) is 0. The Morgan fingerprint density at radius 1 is 0.893 bits per heavy atom. The minimum Gasteiger partial charge on any atom is -0.462 e. The molecule has 0 aromatic rings. The Morgan fingerprint density at radius 3 is 1.86 bits per heavy atom. The largest absolute Gasteiger partial charge is 0.462 e. The van der Waals surface area contributed by atoms with Crippen molar-refractivity contribution in [3.8, 4) is 0 Å². The predicted molar refractivity (Wildman–Crippen MR) is 93.1 cm³/mol. The molecule has 1 rings (SSSR count). The molecule has 0 aromatic heterocycles. The van der Waals surface area contributed by atoms with E-state index in [0.29, 0.717) is 26.2 Å². The van der Waals surface area contributed by atoms with Crippen LogP contribution in [0.15, 0.2) is 0 Å². The summed E-state index contributed by atoms with van der Waals surface area (Å²) < 4.78 is 54.5. The quantitative estimate of drug-likeness (QED) is 0.342. The summed E-state index contributed by atoms with van der Waals surface area (Å²) >= 11 is 0. The number of halogens is 3. The predicted octanol–water partition coefficient (Wildman–Crippen LogP) is 3.95. The number of carbonyl (C=O) groups is 3. The molecular formula is C19H29F3O6. The number of carbonyl (C=O) groups excluding carboxylic acids is 3. The lowest BCUT2D eigenvalue weighted by atomic mass is 9.89. The Labute approximate surface area is 163 Å². The average Bonchev–Trinajstić information content (AvgIpc) is 2.64. The highest BCUT2D eigenvalue weighted by Gasteiger charge is 2.62. The summed E-state index contributed by atoms with van der Waals surface area (Å²) in [6, 6.07) is 0. The molecule has 1 aliphatic rings. The molecule has 0 bridgehead atoms. The van der Waals surface area contributed by atoms with Crippen LogP contribution in [-0.2, 0) is 28.6 Å². The van der Waals surface area contributed by atoms with Crippen LogP contribution in [0.3, 0.4) is 0 Å². The number of esters is 3. The Balaban J connectivity index is 2.67. The van der Waals surface area contributed by atoms with Crippen LogP contribution in [0.2, 0.25) is 0 Å². The molecule has 1 saturated carbocycles. The average molecular weight is 410 g/mol. The van der Waals surface area contributed by atoms with E-state index in [0.717, 1.165) is 19.3 Å². The highest BCUT2D eigenvalue weighted by Crippen LogP contribution is 2.36. The fraction of sp³-hybridized carbons (Fsp3) is 0.842. The molecule has 0 aromatic carbocycles. The molecule has 162 valence electrons. The van der Waals surface area contributed by atoms with E-state index in [1.165, 1.54) is 0 Å². The highest BCUT2D eigenvalue weighted by molar-refractivity contribution is 5.84. The first-order valence-electron chi connectivity index (χ1n) is 9.49. The van der Waals surface area contributed by atoms with Crippen LogP contribution in [0, 0.1) is 11.3 Å². The van der Waals surface area contributed by atoms with Crippen LogP contribution in [0.1, 0.15) is 66.2 Å². The van der Waals surface area contributed by atoms with Crippen molar-refractivity contribution in [1.29, 1.82) is 0 Å². The van der Waals surface area contributed by atoms with Crippen molar-refractivity contribution < 1.29 is 41.8 Å². The third-order valence-corrected chi connectivity index (χ3v) is 5.16. The molecule has 0 N–H and O–H groups in total. The van der Waals surface area contributed by atoms with E-state index in [2.05, 4.69) is 9.47 Å². The van der Waals surface area contributed by atoms with E-state index >= 15 is 0 Å². The molecule has 0 aliphatic heterocycles. The van der Waals surface area contributed by atoms with E-state index in [1.807, 2.05) is 0 Å². The second-order valence-corrected chi connectivity index (χ2v) is 7.80. The van der Waals surface area contributed by atoms with Crippen LogP contribution in [0.25, 0.3) is 0 Å². The van der Waals surface area contributed by atoms with Gasteiger partial charge in [-0.25, -0.2) is 4.79 Å². The van der Waals surface area contributed by atoms with Gasteiger partial charge in [-0.15, -0.1) is 0 Å². The summed E-state index contributed by atoms with van der Waals surface area (Å²) in [5.41, 5.74) is -4.16. The number of alkyl halides is 3. The smallest absolute Gasteiger partial charge is 0.439 e. The fourth-order valence-corrected chi connectivity index (χ4v) is 2.58. The van der Waals surface area contributed by atoms with E-state index < -0.39 is 54.2 Å². The zero-order valence-corrected chi connectivity index (χ0v) is 16.8. The molecule has 1 fully saturated rings. The first kappa shape index (κ1) is 24.2. The van der Waals surface area contributed by atoms with E-state index in [9.17, 15) is 27.6 Å². The maximum Gasteiger partial charge on any atom is 0.439 e. The van der Waals surface area contributed by atoms with Gasteiger partial charge >= 0.3 is 24.1 Å². The standard InChI is InChI=1S/C19H29F3O6/c1-5-17(2,3)15(24)26-11-12-27-16(25)18(4,19(20,21)22)28-14(23)13-9-7-6-8-10-13/h13H,5-12H2,1-4H3. The molecule has 0 radical (unpaired) electrons. The van der Waals surface area contributed by atoms with Crippen molar-refractivity contribution in [3.63, 3.8) is 0 Å². The Bertz CT molecular complexity index is 567. The van der Waals surface area contributed by atoms with Gasteiger partial charge in [0.1, 0.15) is 13.2 Å². The van der Waals surface area contributed by atoms with Crippen LogP contribution >= 0.6 is 0 Å². The zero-order chi connectivity index (χ0) is 21.6. The van der Waals surface area contributed by atoms with Gasteiger partial charge in [-0.05, 0) is 40.0 Å². The molecule has 0 heterocycles. The maximum absolute atomic E-state index is 13.5. The van der Waals surface area contributed by atoms with Crippen molar-refractivity contribution in [2.24, 2.45) is 11.3 Å².